The largest absolute Gasteiger partial charge is 0.348 e. The van der Waals surface area contributed by atoms with E-state index in [0.717, 1.165) is 16.9 Å². The van der Waals surface area contributed by atoms with Gasteiger partial charge in [0.05, 0.1) is 24.5 Å². The average Bonchev–Trinajstić information content (AvgIpc) is 2.82. The van der Waals surface area contributed by atoms with Crippen LogP contribution in [-0.4, -0.2) is 29.3 Å². The van der Waals surface area contributed by atoms with Gasteiger partial charge in [0.1, 0.15) is 5.82 Å². The lowest BCUT2D eigenvalue weighted by Crippen LogP contribution is -2.34. The fourth-order valence-corrected chi connectivity index (χ4v) is 2.22. The molecule has 0 aliphatic heterocycles. The monoisotopic (exact) mass is 290 g/mol. The summed E-state index contributed by atoms with van der Waals surface area (Å²) in [4.78, 5) is 11.6. The van der Waals surface area contributed by atoms with Gasteiger partial charge in [-0.05, 0) is 45.2 Å². The van der Waals surface area contributed by atoms with E-state index in [0.29, 0.717) is 0 Å². The number of nitrogens with zero attached hydrogens (tertiary/aromatic N) is 2. The van der Waals surface area contributed by atoms with Crippen LogP contribution in [0.4, 0.5) is 4.39 Å². The van der Waals surface area contributed by atoms with E-state index in [1.807, 2.05) is 13.8 Å². The van der Waals surface area contributed by atoms with Crippen molar-refractivity contribution < 1.29 is 9.18 Å². The van der Waals surface area contributed by atoms with Crippen LogP contribution in [0.15, 0.2) is 30.5 Å². The second-order valence-electron chi connectivity index (χ2n) is 4.89. The van der Waals surface area contributed by atoms with Crippen LogP contribution in [0, 0.1) is 12.7 Å². The highest BCUT2D eigenvalue weighted by molar-refractivity contribution is 5.78. The number of rotatable bonds is 5. The summed E-state index contributed by atoms with van der Waals surface area (Å²) in [6, 6.07) is 6.00. The molecule has 0 fully saturated rings. The van der Waals surface area contributed by atoms with Gasteiger partial charge in [-0.1, -0.05) is 0 Å². The normalized spacial score (nSPS) is 12.2. The zero-order valence-corrected chi connectivity index (χ0v) is 12.4. The van der Waals surface area contributed by atoms with Crippen molar-refractivity contribution in [1.82, 2.24) is 20.4 Å². The van der Waals surface area contributed by atoms with Gasteiger partial charge in [-0.25, -0.2) is 9.07 Å². The highest BCUT2D eigenvalue weighted by Crippen LogP contribution is 2.20. The van der Waals surface area contributed by atoms with Crippen molar-refractivity contribution in [3.05, 3.63) is 47.5 Å². The minimum atomic E-state index is -0.281. The van der Waals surface area contributed by atoms with Gasteiger partial charge < -0.3 is 10.6 Å². The lowest BCUT2D eigenvalue weighted by Gasteiger charge is -2.14. The van der Waals surface area contributed by atoms with E-state index in [4.69, 9.17) is 0 Å². The summed E-state index contributed by atoms with van der Waals surface area (Å²) in [6.07, 6.45) is 1.73. The Kier molecular flexibility index (Phi) is 4.70. The lowest BCUT2D eigenvalue weighted by molar-refractivity contribution is -0.120. The molecule has 0 saturated heterocycles. The molecule has 6 heteroatoms. The molecule has 0 spiro atoms. The number of halogens is 1. The second-order valence-corrected chi connectivity index (χ2v) is 4.89. The topological polar surface area (TPSA) is 59.0 Å². The number of nitrogens with one attached hydrogen (secondary N) is 2. The Morgan fingerprint density at radius 3 is 2.67 bits per heavy atom. The van der Waals surface area contributed by atoms with E-state index in [1.165, 1.54) is 12.1 Å². The fraction of sp³-hybridized carbons (Fsp3) is 0.333. The highest BCUT2D eigenvalue weighted by Gasteiger charge is 2.15. The van der Waals surface area contributed by atoms with Crippen LogP contribution >= 0.6 is 0 Å². The smallest absolute Gasteiger partial charge is 0.234 e. The predicted octanol–water partition coefficient (Wildman–Crippen LogP) is 1.72. The van der Waals surface area contributed by atoms with Crippen molar-refractivity contribution in [2.24, 2.45) is 0 Å². The average molecular weight is 290 g/mol. The molecule has 1 heterocycles. The first-order valence-corrected chi connectivity index (χ1v) is 6.77. The van der Waals surface area contributed by atoms with Gasteiger partial charge in [-0.15, -0.1) is 0 Å². The molecule has 21 heavy (non-hydrogen) atoms. The van der Waals surface area contributed by atoms with Gasteiger partial charge in [-0.3, -0.25) is 4.79 Å². The number of benzene rings is 1. The van der Waals surface area contributed by atoms with Crippen molar-refractivity contribution in [2.45, 2.75) is 19.9 Å². The zero-order valence-electron chi connectivity index (χ0n) is 12.4. The Balaban J connectivity index is 2.20. The van der Waals surface area contributed by atoms with Gasteiger partial charge in [0, 0.05) is 11.3 Å². The summed E-state index contributed by atoms with van der Waals surface area (Å²) in [5, 5.41) is 10.0. The van der Waals surface area contributed by atoms with Gasteiger partial charge >= 0.3 is 0 Å². The van der Waals surface area contributed by atoms with Gasteiger partial charge in [0.2, 0.25) is 5.91 Å². The number of hydrogen-bond donors (Lipinski definition) is 2. The first-order chi connectivity index (χ1) is 10.0. The predicted molar refractivity (Wildman–Crippen MR) is 78.7 cm³/mol. The van der Waals surface area contributed by atoms with Gasteiger partial charge in [0.25, 0.3) is 0 Å². The van der Waals surface area contributed by atoms with Crippen LogP contribution in [-0.2, 0) is 4.79 Å². The molecule has 2 aromatic rings. The Morgan fingerprint density at radius 1 is 1.38 bits per heavy atom. The molecule has 1 aromatic carbocycles. The molecule has 1 unspecified atom stereocenters. The molecular weight excluding hydrogens is 271 g/mol. The third-order valence-corrected chi connectivity index (χ3v) is 3.30. The molecule has 1 aromatic heterocycles. The van der Waals surface area contributed by atoms with Crippen molar-refractivity contribution in [3.63, 3.8) is 0 Å². The molecule has 2 rings (SSSR count). The Bertz CT molecular complexity index is 621. The number of carbonyl (C=O) groups is 1. The quantitative estimate of drug-likeness (QED) is 0.881. The Morgan fingerprint density at radius 2 is 2.05 bits per heavy atom. The Hall–Kier alpha value is -2.21. The SMILES string of the molecule is CNCC(=O)NC(C)c1cnn(-c2ccc(F)cc2)c1C. The summed E-state index contributed by atoms with van der Waals surface area (Å²) in [6.45, 7) is 4.11. The minimum Gasteiger partial charge on any atom is -0.348 e. The van der Waals surface area contributed by atoms with Crippen LogP contribution in [0.25, 0.3) is 5.69 Å². The number of carbonyl (C=O) groups excluding carboxylic acids is 1. The maximum Gasteiger partial charge on any atom is 0.234 e. The fourth-order valence-electron chi connectivity index (χ4n) is 2.22. The van der Waals surface area contributed by atoms with Crippen molar-refractivity contribution >= 4 is 5.91 Å². The first-order valence-electron chi connectivity index (χ1n) is 6.77. The summed E-state index contributed by atoms with van der Waals surface area (Å²) in [7, 11) is 1.72. The van der Waals surface area contributed by atoms with Crippen molar-refractivity contribution in [3.8, 4) is 5.69 Å². The molecule has 112 valence electrons. The van der Waals surface area contributed by atoms with E-state index in [2.05, 4.69) is 15.7 Å². The van der Waals surface area contributed by atoms with Crippen LogP contribution < -0.4 is 10.6 Å². The number of amides is 1. The van der Waals surface area contributed by atoms with Crippen LogP contribution in [0.3, 0.4) is 0 Å². The number of hydrogen-bond acceptors (Lipinski definition) is 3. The third kappa shape index (κ3) is 3.46. The lowest BCUT2D eigenvalue weighted by atomic mass is 10.1. The minimum absolute atomic E-state index is 0.0704. The van der Waals surface area contributed by atoms with Crippen LogP contribution in [0.1, 0.15) is 24.2 Å². The van der Waals surface area contributed by atoms with E-state index in [-0.39, 0.29) is 24.3 Å². The molecule has 0 radical (unpaired) electrons. The second kappa shape index (κ2) is 6.49. The van der Waals surface area contributed by atoms with Crippen LogP contribution in [0.5, 0.6) is 0 Å². The van der Waals surface area contributed by atoms with E-state index in [1.54, 1.807) is 30.1 Å². The summed E-state index contributed by atoms with van der Waals surface area (Å²) in [5.74, 6) is -0.351. The third-order valence-electron chi connectivity index (χ3n) is 3.30. The summed E-state index contributed by atoms with van der Waals surface area (Å²) >= 11 is 0. The molecule has 1 atom stereocenters. The van der Waals surface area contributed by atoms with Gasteiger partial charge in [0.15, 0.2) is 0 Å². The number of aromatic nitrogens is 2. The Labute approximate surface area is 123 Å². The van der Waals surface area contributed by atoms with E-state index in [9.17, 15) is 9.18 Å². The first kappa shape index (κ1) is 15.2. The van der Waals surface area contributed by atoms with Crippen molar-refractivity contribution in [1.29, 1.82) is 0 Å². The summed E-state index contributed by atoms with van der Waals surface area (Å²) in [5.41, 5.74) is 2.64. The molecule has 0 aliphatic carbocycles. The van der Waals surface area contributed by atoms with Gasteiger partial charge in [-0.2, -0.15) is 5.10 Å². The molecule has 0 bridgehead atoms. The maximum absolute atomic E-state index is 13.0. The van der Waals surface area contributed by atoms with E-state index < -0.39 is 0 Å². The molecular formula is C15H19FN4O. The number of likely N-dealkylation sites (N-methyl/N-ethyl adjacent to an activating group) is 1. The van der Waals surface area contributed by atoms with E-state index >= 15 is 0 Å². The molecule has 5 nitrogen and oxygen atoms in total. The zero-order chi connectivity index (χ0) is 15.4. The molecule has 0 aliphatic rings. The van der Waals surface area contributed by atoms with Crippen LogP contribution in [0.2, 0.25) is 0 Å². The van der Waals surface area contributed by atoms with Crippen molar-refractivity contribution in [2.75, 3.05) is 13.6 Å². The standard InChI is InChI=1S/C15H19FN4O/c1-10(19-15(21)9-17-3)14-8-18-20(11(14)2)13-6-4-12(16)5-7-13/h4-8,10,17H,9H2,1-3H3,(H,19,21). The maximum atomic E-state index is 13.0. The summed E-state index contributed by atoms with van der Waals surface area (Å²) < 4.78 is 14.7. The molecule has 0 saturated carbocycles. The highest BCUT2D eigenvalue weighted by atomic mass is 19.1. The molecule has 1 amide bonds. The molecule has 2 N–H and O–H groups in total.